The predicted molar refractivity (Wildman–Crippen MR) is 93.4 cm³/mol. The average Bonchev–Trinajstić information content (AvgIpc) is 2.58. The van der Waals surface area contributed by atoms with Crippen LogP contribution >= 0.6 is 0 Å². The van der Waals surface area contributed by atoms with Crippen molar-refractivity contribution in [3.05, 3.63) is 0 Å². The Morgan fingerprint density at radius 2 is 0.905 bits per heavy atom. The lowest BCUT2D eigenvalue weighted by atomic mass is 9.78. The van der Waals surface area contributed by atoms with Crippen LogP contribution in [0, 0.1) is 17.8 Å². The quantitative estimate of drug-likeness (QED) is 0.624. The van der Waals surface area contributed by atoms with E-state index in [1.807, 2.05) is 0 Å². The maximum Gasteiger partial charge on any atom is 0.00388 e. The molecule has 0 aromatic carbocycles. The van der Waals surface area contributed by atoms with E-state index in [9.17, 15) is 0 Å². The zero-order valence-corrected chi connectivity index (χ0v) is 14.5. The summed E-state index contributed by atoms with van der Waals surface area (Å²) in [5.74, 6) is 3.06. The molecule has 0 aliphatic heterocycles. The van der Waals surface area contributed by atoms with Crippen LogP contribution in [0.15, 0.2) is 0 Å². The molecule has 1 heteroatoms. The maximum absolute atomic E-state index is 6.17. The van der Waals surface area contributed by atoms with Gasteiger partial charge in [0.2, 0.25) is 0 Å². The number of nitrogens with two attached hydrogens (primary N) is 1. The SMILES string of the molecule is C[C@@H]1CCCCC(C2CCCCC(N)CCCC2)CCC1. The van der Waals surface area contributed by atoms with Crippen molar-refractivity contribution in [3.8, 4) is 0 Å². The predicted octanol–water partition coefficient (Wildman–Crippen LogP) is 6.06. The highest BCUT2D eigenvalue weighted by molar-refractivity contribution is 4.75. The van der Waals surface area contributed by atoms with Crippen molar-refractivity contribution in [1.82, 2.24) is 0 Å². The second-order valence-electron chi connectivity index (χ2n) is 8.17. The summed E-state index contributed by atoms with van der Waals surface area (Å²) in [6.07, 6.45) is 21.6. The zero-order valence-electron chi connectivity index (χ0n) is 14.5. The number of rotatable bonds is 1. The van der Waals surface area contributed by atoms with Gasteiger partial charge in [-0.3, -0.25) is 0 Å². The van der Waals surface area contributed by atoms with Crippen molar-refractivity contribution < 1.29 is 0 Å². The first-order chi connectivity index (χ1) is 10.3. The fourth-order valence-electron chi connectivity index (χ4n) is 4.77. The summed E-state index contributed by atoms with van der Waals surface area (Å²) in [7, 11) is 0. The molecule has 0 heterocycles. The second-order valence-corrected chi connectivity index (χ2v) is 8.17. The van der Waals surface area contributed by atoms with Gasteiger partial charge in [-0.1, -0.05) is 90.4 Å². The smallest absolute Gasteiger partial charge is 0.00388 e. The van der Waals surface area contributed by atoms with E-state index in [1.165, 1.54) is 96.3 Å². The molecular weight excluding hydrogens is 254 g/mol. The van der Waals surface area contributed by atoms with Gasteiger partial charge in [-0.2, -0.15) is 0 Å². The Hall–Kier alpha value is -0.0400. The molecule has 0 radical (unpaired) electrons. The molecular formula is C20H39N. The van der Waals surface area contributed by atoms with Crippen LogP contribution in [0.4, 0.5) is 0 Å². The molecule has 124 valence electrons. The van der Waals surface area contributed by atoms with E-state index >= 15 is 0 Å². The minimum Gasteiger partial charge on any atom is -0.328 e. The number of hydrogen-bond acceptors (Lipinski definition) is 1. The molecule has 2 atom stereocenters. The number of hydrogen-bond donors (Lipinski definition) is 1. The van der Waals surface area contributed by atoms with Gasteiger partial charge in [0.1, 0.15) is 0 Å². The van der Waals surface area contributed by atoms with E-state index in [2.05, 4.69) is 6.92 Å². The summed E-state index contributed by atoms with van der Waals surface area (Å²) in [5.41, 5.74) is 6.17. The summed E-state index contributed by atoms with van der Waals surface area (Å²) in [6, 6.07) is 0.493. The maximum atomic E-state index is 6.17. The van der Waals surface area contributed by atoms with Gasteiger partial charge in [0.15, 0.2) is 0 Å². The summed E-state index contributed by atoms with van der Waals surface area (Å²) in [5, 5.41) is 0. The van der Waals surface area contributed by atoms with Gasteiger partial charge in [0.05, 0.1) is 0 Å². The van der Waals surface area contributed by atoms with Gasteiger partial charge in [0.25, 0.3) is 0 Å². The third-order valence-electron chi connectivity index (χ3n) is 6.26. The molecule has 2 fully saturated rings. The highest BCUT2D eigenvalue weighted by Gasteiger charge is 2.22. The molecule has 2 N–H and O–H groups in total. The molecule has 0 saturated heterocycles. The van der Waals surface area contributed by atoms with Gasteiger partial charge < -0.3 is 5.73 Å². The van der Waals surface area contributed by atoms with Crippen LogP contribution in [-0.2, 0) is 0 Å². The van der Waals surface area contributed by atoms with Crippen molar-refractivity contribution in [2.24, 2.45) is 23.5 Å². The standard InChI is InChI=1S/C20H39N/c1-17-9-2-3-11-19(14-8-10-17)18-12-4-6-15-20(21)16-7-5-13-18/h17-20H,2-16,21H2,1H3/t17-,18?,19?,20?/m1/s1. The largest absolute Gasteiger partial charge is 0.328 e. The first-order valence-corrected chi connectivity index (χ1v) is 10.0. The topological polar surface area (TPSA) is 26.0 Å². The van der Waals surface area contributed by atoms with Crippen molar-refractivity contribution in [3.63, 3.8) is 0 Å². The normalized spacial score (nSPS) is 38.0. The van der Waals surface area contributed by atoms with Gasteiger partial charge >= 0.3 is 0 Å². The molecule has 21 heavy (non-hydrogen) atoms. The second kappa shape index (κ2) is 9.87. The molecule has 0 amide bonds. The average molecular weight is 294 g/mol. The summed E-state index contributed by atoms with van der Waals surface area (Å²) in [6.45, 7) is 2.47. The third kappa shape index (κ3) is 6.72. The third-order valence-corrected chi connectivity index (χ3v) is 6.26. The molecule has 1 nitrogen and oxygen atoms in total. The Kier molecular flexibility index (Phi) is 8.14. The zero-order chi connectivity index (χ0) is 14.9. The van der Waals surface area contributed by atoms with Crippen LogP contribution in [0.1, 0.15) is 103 Å². The Balaban J connectivity index is 1.83. The van der Waals surface area contributed by atoms with E-state index in [0.29, 0.717) is 6.04 Å². The molecule has 2 rings (SSSR count). The molecule has 0 bridgehead atoms. The van der Waals surface area contributed by atoms with Crippen molar-refractivity contribution in [2.45, 2.75) is 109 Å². The Morgan fingerprint density at radius 1 is 0.524 bits per heavy atom. The minimum absolute atomic E-state index is 0.493. The van der Waals surface area contributed by atoms with Crippen LogP contribution in [0.5, 0.6) is 0 Å². The Bertz CT molecular complexity index is 251. The molecule has 2 aliphatic rings. The highest BCUT2D eigenvalue weighted by Crippen LogP contribution is 2.35. The molecule has 0 aromatic heterocycles. The van der Waals surface area contributed by atoms with Gasteiger partial charge in [-0.15, -0.1) is 0 Å². The van der Waals surface area contributed by atoms with Crippen LogP contribution in [0.25, 0.3) is 0 Å². The Labute approximate surface area is 133 Å². The lowest BCUT2D eigenvalue weighted by Gasteiger charge is -2.28. The van der Waals surface area contributed by atoms with Crippen LogP contribution in [0.2, 0.25) is 0 Å². The molecule has 2 saturated carbocycles. The molecule has 2 aliphatic carbocycles. The van der Waals surface area contributed by atoms with Crippen LogP contribution < -0.4 is 5.73 Å². The lowest BCUT2D eigenvalue weighted by Crippen LogP contribution is -2.22. The van der Waals surface area contributed by atoms with E-state index in [1.54, 1.807) is 0 Å². The lowest BCUT2D eigenvalue weighted by molar-refractivity contribution is 0.235. The van der Waals surface area contributed by atoms with Gasteiger partial charge in [0, 0.05) is 6.04 Å². The van der Waals surface area contributed by atoms with Gasteiger partial charge in [-0.05, 0) is 30.6 Å². The first kappa shape index (κ1) is 17.3. The van der Waals surface area contributed by atoms with Crippen molar-refractivity contribution >= 4 is 0 Å². The van der Waals surface area contributed by atoms with Crippen LogP contribution in [0.3, 0.4) is 0 Å². The highest BCUT2D eigenvalue weighted by atomic mass is 14.6. The van der Waals surface area contributed by atoms with E-state index in [-0.39, 0.29) is 0 Å². The fraction of sp³-hybridized carbons (Fsp3) is 1.00. The fourth-order valence-corrected chi connectivity index (χ4v) is 4.77. The monoisotopic (exact) mass is 293 g/mol. The van der Waals surface area contributed by atoms with Crippen molar-refractivity contribution in [2.75, 3.05) is 0 Å². The summed E-state index contributed by atoms with van der Waals surface area (Å²) in [4.78, 5) is 0. The molecule has 0 aromatic rings. The molecule has 1 unspecified atom stereocenters. The van der Waals surface area contributed by atoms with E-state index in [0.717, 1.165) is 17.8 Å². The van der Waals surface area contributed by atoms with E-state index < -0.39 is 0 Å². The summed E-state index contributed by atoms with van der Waals surface area (Å²) < 4.78 is 0. The van der Waals surface area contributed by atoms with Crippen LogP contribution in [-0.4, -0.2) is 6.04 Å². The van der Waals surface area contributed by atoms with Gasteiger partial charge in [-0.25, -0.2) is 0 Å². The van der Waals surface area contributed by atoms with E-state index in [4.69, 9.17) is 5.73 Å². The first-order valence-electron chi connectivity index (χ1n) is 10.0. The Morgan fingerprint density at radius 3 is 1.48 bits per heavy atom. The molecule has 0 spiro atoms. The summed E-state index contributed by atoms with van der Waals surface area (Å²) >= 11 is 0. The van der Waals surface area contributed by atoms with Crippen molar-refractivity contribution in [1.29, 1.82) is 0 Å². The minimum atomic E-state index is 0.493.